The van der Waals surface area contributed by atoms with Crippen LogP contribution in [0, 0.1) is 12.8 Å². The van der Waals surface area contributed by atoms with E-state index in [0.717, 1.165) is 18.4 Å². The second kappa shape index (κ2) is 9.11. The Balaban J connectivity index is 1.67. The average molecular weight is 469 g/mol. The van der Waals surface area contributed by atoms with Crippen molar-refractivity contribution >= 4 is 26.0 Å². The second-order valence-electron chi connectivity index (χ2n) is 7.80. The molecule has 0 saturated carbocycles. The molecular formula is C20H28N4O5S2. The van der Waals surface area contributed by atoms with Crippen molar-refractivity contribution in [3.63, 3.8) is 0 Å². The summed E-state index contributed by atoms with van der Waals surface area (Å²) in [4.78, 5) is 14.9. The Kier molecular flexibility index (Phi) is 6.89. The molecule has 1 aromatic carbocycles. The lowest BCUT2D eigenvalue weighted by molar-refractivity contribution is 0.0666. The van der Waals surface area contributed by atoms with Crippen LogP contribution in [0.15, 0.2) is 46.3 Å². The fourth-order valence-electron chi connectivity index (χ4n) is 3.62. The lowest BCUT2D eigenvalue weighted by Gasteiger charge is -2.33. The van der Waals surface area contributed by atoms with E-state index in [4.69, 9.17) is 0 Å². The van der Waals surface area contributed by atoms with Crippen LogP contribution in [0.5, 0.6) is 0 Å². The monoisotopic (exact) mass is 468 g/mol. The number of carbonyl (C=O) groups is 1. The third-order valence-electron chi connectivity index (χ3n) is 5.48. The Morgan fingerprint density at radius 2 is 1.77 bits per heavy atom. The number of aryl methyl sites for hydroxylation is 2. The Labute approximate surface area is 183 Å². The van der Waals surface area contributed by atoms with Crippen molar-refractivity contribution in [3.8, 4) is 0 Å². The molecule has 170 valence electrons. The molecule has 2 heterocycles. The van der Waals surface area contributed by atoms with Crippen LogP contribution in [0.3, 0.4) is 0 Å². The highest BCUT2D eigenvalue weighted by Gasteiger charge is 2.28. The van der Waals surface area contributed by atoms with E-state index in [0.29, 0.717) is 13.1 Å². The highest BCUT2D eigenvalue weighted by atomic mass is 32.2. The first-order valence-corrected chi connectivity index (χ1v) is 13.0. The number of sulfonamides is 2. The number of benzene rings is 1. The number of nitrogens with one attached hydrogen (secondary N) is 2. The van der Waals surface area contributed by atoms with Crippen LogP contribution in [0.25, 0.3) is 0 Å². The van der Waals surface area contributed by atoms with Gasteiger partial charge in [0.1, 0.15) is 10.6 Å². The van der Waals surface area contributed by atoms with Gasteiger partial charge in [-0.15, -0.1) is 0 Å². The van der Waals surface area contributed by atoms with Gasteiger partial charge < -0.3 is 9.47 Å². The SMILES string of the molecule is CNS(=O)(=O)c1cc(C(=O)N2CCCC(CNS(=O)(=O)c3ccc(C)cc3)C2)n(C)c1. The topological polar surface area (TPSA) is 118 Å². The quantitative estimate of drug-likeness (QED) is 0.630. The predicted octanol–water partition coefficient (Wildman–Crippen LogP) is 1.07. The lowest BCUT2D eigenvalue weighted by atomic mass is 9.98. The summed E-state index contributed by atoms with van der Waals surface area (Å²) in [5.74, 6) is -0.301. The number of rotatable bonds is 7. The smallest absolute Gasteiger partial charge is 0.270 e. The first-order valence-electron chi connectivity index (χ1n) is 9.99. The minimum atomic E-state index is -3.65. The largest absolute Gasteiger partial charge is 0.345 e. The van der Waals surface area contributed by atoms with Gasteiger partial charge in [-0.05, 0) is 50.9 Å². The fraction of sp³-hybridized carbons (Fsp3) is 0.450. The van der Waals surface area contributed by atoms with Gasteiger partial charge in [0.15, 0.2) is 0 Å². The van der Waals surface area contributed by atoms with Gasteiger partial charge in [0.2, 0.25) is 20.0 Å². The Morgan fingerprint density at radius 1 is 1.10 bits per heavy atom. The standard InChI is InChI=1S/C20H28N4O5S2/c1-15-6-8-17(9-7-15)31(28,29)22-12-16-5-4-10-24(13-16)20(25)19-11-18(14-23(19)3)30(26,27)21-2/h6-9,11,14,16,21-22H,4-5,10,12-13H2,1-3H3. The molecule has 1 unspecified atom stereocenters. The molecular weight excluding hydrogens is 440 g/mol. The first-order chi connectivity index (χ1) is 14.5. The number of nitrogens with zero attached hydrogens (tertiary/aromatic N) is 2. The summed E-state index contributed by atoms with van der Waals surface area (Å²) in [6.07, 6.45) is 2.94. The number of hydrogen-bond donors (Lipinski definition) is 2. The molecule has 1 atom stereocenters. The number of likely N-dealkylation sites (tertiary alicyclic amines) is 1. The molecule has 1 aromatic heterocycles. The predicted molar refractivity (Wildman–Crippen MR) is 117 cm³/mol. The highest BCUT2D eigenvalue weighted by molar-refractivity contribution is 7.89. The molecule has 9 nitrogen and oxygen atoms in total. The van der Waals surface area contributed by atoms with Gasteiger partial charge in [-0.25, -0.2) is 26.3 Å². The van der Waals surface area contributed by atoms with Gasteiger partial charge in [0.05, 0.1) is 4.90 Å². The van der Waals surface area contributed by atoms with E-state index in [2.05, 4.69) is 9.44 Å². The maximum absolute atomic E-state index is 13.0. The van der Waals surface area contributed by atoms with E-state index in [9.17, 15) is 21.6 Å². The molecule has 1 aliphatic heterocycles. The Morgan fingerprint density at radius 3 is 2.42 bits per heavy atom. The minimum Gasteiger partial charge on any atom is -0.345 e. The maximum Gasteiger partial charge on any atom is 0.270 e. The van der Waals surface area contributed by atoms with Crippen molar-refractivity contribution in [2.24, 2.45) is 13.0 Å². The van der Waals surface area contributed by atoms with Crippen LogP contribution in [0.1, 0.15) is 28.9 Å². The van der Waals surface area contributed by atoms with Crippen LogP contribution < -0.4 is 9.44 Å². The van der Waals surface area contributed by atoms with Crippen molar-refractivity contribution in [1.82, 2.24) is 18.9 Å². The number of hydrogen-bond acceptors (Lipinski definition) is 5. The summed E-state index contributed by atoms with van der Waals surface area (Å²) in [7, 11) is -4.33. The van der Waals surface area contributed by atoms with Crippen LogP contribution in [-0.2, 0) is 27.1 Å². The summed E-state index contributed by atoms with van der Waals surface area (Å²) in [5.41, 5.74) is 1.25. The molecule has 1 aliphatic rings. The molecule has 11 heteroatoms. The summed E-state index contributed by atoms with van der Waals surface area (Å²) < 4.78 is 55.5. The number of carbonyl (C=O) groups excluding carboxylic acids is 1. The Bertz CT molecular complexity index is 1150. The molecule has 31 heavy (non-hydrogen) atoms. The molecule has 0 aliphatic carbocycles. The number of aromatic nitrogens is 1. The van der Waals surface area contributed by atoms with Gasteiger partial charge in [-0.2, -0.15) is 0 Å². The third kappa shape index (κ3) is 5.35. The van der Waals surface area contributed by atoms with E-state index >= 15 is 0 Å². The zero-order valence-electron chi connectivity index (χ0n) is 17.8. The highest BCUT2D eigenvalue weighted by Crippen LogP contribution is 2.21. The van der Waals surface area contributed by atoms with E-state index in [1.54, 1.807) is 36.2 Å². The molecule has 2 aromatic rings. The summed E-state index contributed by atoms with van der Waals surface area (Å²) in [6.45, 7) is 3.06. The normalized spacial score (nSPS) is 17.6. The summed E-state index contributed by atoms with van der Waals surface area (Å²) in [5, 5.41) is 0. The fourth-order valence-corrected chi connectivity index (χ4v) is 5.53. The number of amides is 1. The molecule has 0 bridgehead atoms. The van der Waals surface area contributed by atoms with E-state index in [1.807, 2.05) is 6.92 Å². The number of piperidine rings is 1. The first kappa shape index (κ1) is 23.5. The molecule has 3 rings (SSSR count). The average Bonchev–Trinajstić information content (AvgIpc) is 3.15. The molecule has 1 saturated heterocycles. The summed E-state index contributed by atoms with van der Waals surface area (Å²) >= 11 is 0. The third-order valence-corrected chi connectivity index (χ3v) is 8.30. The van der Waals surface area contributed by atoms with Gasteiger partial charge in [-0.3, -0.25) is 4.79 Å². The van der Waals surface area contributed by atoms with E-state index < -0.39 is 20.0 Å². The van der Waals surface area contributed by atoms with Crippen molar-refractivity contribution in [2.75, 3.05) is 26.7 Å². The van der Waals surface area contributed by atoms with Crippen molar-refractivity contribution < 1.29 is 21.6 Å². The van der Waals surface area contributed by atoms with Gasteiger partial charge in [-0.1, -0.05) is 17.7 Å². The Hall–Kier alpha value is -2.21. The maximum atomic E-state index is 13.0. The van der Waals surface area contributed by atoms with Gasteiger partial charge in [0.25, 0.3) is 5.91 Å². The summed E-state index contributed by atoms with van der Waals surface area (Å²) in [6, 6.07) is 7.99. The molecule has 1 fully saturated rings. The van der Waals surface area contributed by atoms with Crippen molar-refractivity contribution in [1.29, 1.82) is 0 Å². The van der Waals surface area contributed by atoms with Crippen LogP contribution in [-0.4, -0.2) is 58.9 Å². The van der Waals surface area contributed by atoms with E-state index in [-0.39, 0.29) is 33.9 Å². The molecule has 1 amide bonds. The van der Waals surface area contributed by atoms with Crippen LogP contribution in [0.4, 0.5) is 0 Å². The van der Waals surface area contributed by atoms with E-state index in [1.165, 1.54) is 23.9 Å². The van der Waals surface area contributed by atoms with Crippen molar-refractivity contribution in [2.45, 2.75) is 29.6 Å². The van der Waals surface area contributed by atoms with Gasteiger partial charge >= 0.3 is 0 Å². The molecule has 0 radical (unpaired) electrons. The van der Waals surface area contributed by atoms with Gasteiger partial charge in [0, 0.05) is 32.9 Å². The van der Waals surface area contributed by atoms with Crippen LogP contribution in [0.2, 0.25) is 0 Å². The van der Waals surface area contributed by atoms with Crippen LogP contribution >= 0.6 is 0 Å². The minimum absolute atomic E-state index is 0.0280. The zero-order chi connectivity index (χ0) is 22.8. The molecule has 0 spiro atoms. The second-order valence-corrected chi connectivity index (χ2v) is 11.5. The zero-order valence-corrected chi connectivity index (χ0v) is 19.5. The lowest BCUT2D eigenvalue weighted by Crippen LogP contribution is -2.44. The molecule has 2 N–H and O–H groups in total. The van der Waals surface area contributed by atoms with Crippen molar-refractivity contribution in [3.05, 3.63) is 47.8 Å².